The van der Waals surface area contributed by atoms with Gasteiger partial charge in [0.05, 0.1) is 5.75 Å². The first-order valence-electron chi connectivity index (χ1n) is 5.17. The largest absolute Gasteiger partial charge is 0.399 e. The molecule has 0 fully saturated rings. The third kappa shape index (κ3) is 5.91. The van der Waals surface area contributed by atoms with Crippen molar-refractivity contribution in [1.82, 2.24) is 4.90 Å². The second-order valence-electron chi connectivity index (χ2n) is 4.26. The van der Waals surface area contributed by atoms with E-state index in [1.54, 1.807) is 6.07 Å². The van der Waals surface area contributed by atoms with Crippen molar-refractivity contribution in [3.05, 3.63) is 28.8 Å². The molecule has 1 aromatic rings. The molecule has 96 valence electrons. The summed E-state index contributed by atoms with van der Waals surface area (Å²) in [6.07, 6.45) is 1.23. The third-order valence-electron chi connectivity index (χ3n) is 2.28. The number of hydrogen-bond donors (Lipinski definition) is 1. The minimum atomic E-state index is -2.92. The maximum atomic E-state index is 11.0. The maximum Gasteiger partial charge on any atom is 0.148 e. The summed E-state index contributed by atoms with van der Waals surface area (Å²) in [5.74, 6) is 0.152. The van der Waals surface area contributed by atoms with Gasteiger partial charge in [-0.3, -0.25) is 0 Å². The highest BCUT2D eigenvalue weighted by molar-refractivity contribution is 7.90. The van der Waals surface area contributed by atoms with Crippen LogP contribution in [-0.2, 0) is 16.4 Å². The summed E-state index contributed by atoms with van der Waals surface area (Å²) >= 11 is 5.89. The van der Waals surface area contributed by atoms with Crippen molar-refractivity contribution in [2.24, 2.45) is 0 Å². The number of hydrogen-bond acceptors (Lipinski definition) is 4. The van der Waals surface area contributed by atoms with Gasteiger partial charge in [0.1, 0.15) is 9.84 Å². The molecule has 0 bridgehead atoms. The lowest BCUT2D eigenvalue weighted by Crippen LogP contribution is -2.24. The van der Waals surface area contributed by atoms with E-state index in [9.17, 15) is 8.42 Å². The number of rotatable bonds is 5. The summed E-state index contributed by atoms with van der Waals surface area (Å²) < 4.78 is 22.1. The van der Waals surface area contributed by atoms with Gasteiger partial charge in [-0.25, -0.2) is 8.42 Å². The second kappa shape index (κ2) is 5.71. The Morgan fingerprint density at radius 2 is 2.00 bits per heavy atom. The van der Waals surface area contributed by atoms with Gasteiger partial charge in [0, 0.05) is 30.1 Å². The highest BCUT2D eigenvalue weighted by Gasteiger charge is 2.07. The van der Waals surface area contributed by atoms with Crippen molar-refractivity contribution in [3.8, 4) is 0 Å². The van der Waals surface area contributed by atoms with E-state index in [0.29, 0.717) is 23.8 Å². The van der Waals surface area contributed by atoms with Gasteiger partial charge in [-0.15, -0.1) is 0 Å². The molecule has 0 radical (unpaired) electrons. The monoisotopic (exact) mass is 276 g/mol. The standard InChI is InChI=1S/C11H17ClN2O2S/c1-14(3-4-17(2,15)16)8-9-5-10(12)7-11(13)6-9/h5-7H,3-4,8,13H2,1-2H3. The minimum Gasteiger partial charge on any atom is -0.399 e. The van der Waals surface area contributed by atoms with Crippen LogP contribution in [0.3, 0.4) is 0 Å². The maximum absolute atomic E-state index is 11.0. The molecule has 0 unspecified atom stereocenters. The van der Waals surface area contributed by atoms with Crippen molar-refractivity contribution in [3.63, 3.8) is 0 Å². The predicted octanol–water partition coefficient (Wildman–Crippen LogP) is 1.40. The van der Waals surface area contributed by atoms with Crippen LogP contribution in [0, 0.1) is 0 Å². The number of halogens is 1. The van der Waals surface area contributed by atoms with Crippen LogP contribution in [0.15, 0.2) is 18.2 Å². The van der Waals surface area contributed by atoms with Crippen LogP contribution in [-0.4, -0.2) is 38.9 Å². The fraction of sp³-hybridized carbons (Fsp3) is 0.455. The molecule has 2 N–H and O–H groups in total. The summed E-state index contributed by atoms with van der Waals surface area (Å²) in [5, 5.41) is 0.594. The summed E-state index contributed by atoms with van der Waals surface area (Å²) in [5.41, 5.74) is 7.27. The Bertz CT molecular complexity index is 468. The van der Waals surface area contributed by atoms with E-state index in [1.165, 1.54) is 6.26 Å². The van der Waals surface area contributed by atoms with Crippen LogP contribution in [0.4, 0.5) is 5.69 Å². The Balaban J connectivity index is 2.59. The topological polar surface area (TPSA) is 63.4 Å². The van der Waals surface area contributed by atoms with Crippen molar-refractivity contribution >= 4 is 27.1 Å². The summed E-state index contributed by atoms with van der Waals surface area (Å²) in [6.45, 7) is 1.12. The second-order valence-corrected chi connectivity index (χ2v) is 6.96. The lowest BCUT2D eigenvalue weighted by atomic mass is 10.2. The molecule has 1 aromatic carbocycles. The minimum absolute atomic E-state index is 0.152. The molecule has 0 heterocycles. The molecular formula is C11H17ClN2O2S. The van der Waals surface area contributed by atoms with Crippen molar-refractivity contribution in [2.75, 3.05) is 31.3 Å². The molecule has 0 amide bonds. The molecule has 0 saturated heterocycles. The van der Waals surface area contributed by atoms with Crippen LogP contribution in [0.2, 0.25) is 5.02 Å². The molecule has 0 atom stereocenters. The zero-order valence-corrected chi connectivity index (χ0v) is 11.6. The Kier molecular flexibility index (Phi) is 4.80. The van der Waals surface area contributed by atoms with Gasteiger partial charge in [0.25, 0.3) is 0 Å². The summed E-state index contributed by atoms with van der Waals surface area (Å²) in [6, 6.07) is 5.35. The summed E-state index contributed by atoms with van der Waals surface area (Å²) in [7, 11) is -1.06. The zero-order valence-electron chi connectivity index (χ0n) is 9.98. The highest BCUT2D eigenvalue weighted by atomic mass is 35.5. The van der Waals surface area contributed by atoms with Crippen LogP contribution < -0.4 is 5.73 Å². The molecule has 0 aliphatic rings. The first-order chi connectivity index (χ1) is 7.76. The van der Waals surface area contributed by atoms with Crippen LogP contribution in [0.1, 0.15) is 5.56 Å². The van der Waals surface area contributed by atoms with Gasteiger partial charge >= 0.3 is 0 Å². The van der Waals surface area contributed by atoms with Crippen molar-refractivity contribution in [1.29, 1.82) is 0 Å². The Morgan fingerprint density at radius 1 is 1.35 bits per heavy atom. The predicted molar refractivity (Wildman–Crippen MR) is 71.9 cm³/mol. The molecule has 0 spiro atoms. The lowest BCUT2D eigenvalue weighted by Gasteiger charge is -2.16. The SMILES string of the molecule is CN(CCS(C)(=O)=O)Cc1cc(N)cc(Cl)c1. The van der Waals surface area contributed by atoms with Crippen LogP contribution >= 0.6 is 11.6 Å². The quantitative estimate of drug-likeness (QED) is 0.826. The molecule has 0 aliphatic heterocycles. The number of nitrogens with two attached hydrogens (primary N) is 1. The van der Waals surface area contributed by atoms with E-state index in [0.717, 1.165) is 5.56 Å². The number of benzene rings is 1. The zero-order chi connectivity index (χ0) is 13.1. The van der Waals surface area contributed by atoms with Gasteiger partial charge in [-0.1, -0.05) is 11.6 Å². The fourth-order valence-corrected chi connectivity index (χ4v) is 2.39. The van der Waals surface area contributed by atoms with E-state index >= 15 is 0 Å². The van der Waals surface area contributed by atoms with Crippen LogP contribution in [0.25, 0.3) is 0 Å². The number of anilines is 1. The van der Waals surface area contributed by atoms with E-state index in [-0.39, 0.29) is 5.75 Å². The Labute approximate surface area is 107 Å². The van der Waals surface area contributed by atoms with Gasteiger partial charge in [0.15, 0.2) is 0 Å². The first-order valence-corrected chi connectivity index (χ1v) is 7.61. The normalized spacial score (nSPS) is 12.0. The molecule has 0 saturated carbocycles. The van der Waals surface area contributed by atoms with E-state index < -0.39 is 9.84 Å². The Morgan fingerprint density at radius 3 is 2.53 bits per heavy atom. The molecule has 0 aliphatic carbocycles. The molecule has 0 aromatic heterocycles. The average molecular weight is 277 g/mol. The first kappa shape index (κ1) is 14.3. The third-order valence-corrected chi connectivity index (χ3v) is 3.42. The van der Waals surface area contributed by atoms with Crippen molar-refractivity contribution < 1.29 is 8.42 Å². The van der Waals surface area contributed by atoms with Gasteiger partial charge in [0.2, 0.25) is 0 Å². The Hall–Kier alpha value is -0.780. The molecular weight excluding hydrogens is 260 g/mol. The molecule has 6 heteroatoms. The molecule has 1 rings (SSSR count). The molecule has 17 heavy (non-hydrogen) atoms. The number of nitrogens with zero attached hydrogens (tertiary/aromatic N) is 1. The van der Waals surface area contributed by atoms with E-state index in [4.69, 9.17) is 17.3 Å². The number of nitrogen functional groups attached to an aromatic ring is 1. The summed E-state index contributed by atoms with van der Waals surface area (Å²) in [4.78, 5) is 1.92. The molecule has 4 nitrogen and oxygen atoms in total. The van der Waals surface area contributed by atoms with Crippen LogP contribution in [0.5, 0.6) is 0 Å². The van der Waals surface area contributed by atoms with Gasteiger partial charge < -0.3 is 10.6 Å². The van der Waals surface area contributed by atoms with E-state index in [2.05, 4.69) is 0 Å². The fourth-order valence-electron chi connectivity index (χ4n) is 1.48. The smallest absolute Gasteiger partial charge is 0.148 e. The van der Waals surface area contributed by atoms with Crippen molar-refractivity contribution in [2.45, 2.75) is 6.54 Å². The van der Waals surface area contributed by atoms with Gasteiger partial charge in [-0.05, 0) is 30.8 Å². The lowest BCUT2D eigenvalue weighted by molar-refractivity contribution is 0.346. The van der Waals surface area contributed by atoms with Gasteiger partial charge in [-0.2, -0.15) is 0 Å². The highest BCUT2D eigenvalue weighted by Crippen LogP contribution is 2.17. The van der Waals surface area contributed by atoms with E-state index in [1.807, 2.05) is 24.1 Å². The number of sulfone groups is 1. The average Bonchev–Trinajstić information content (AvgIpc) is 2.11.